The zero-order valence-corrected chi connectivity index (χ0v) is 8.39. The summed E-state index contributed by atoms with van der Waals surface area (Å²) in [5, 5.41) is 1.19. The maximum atomic E-state index is 5.52. The molecule has 1 aromatic heterocycles. The van der Waals surface area contributed by atoms with Crippen molar-refractivity contribution in [1.82, 2.24) is 4.98 Å². The predicted molar refractivity (Wildman–Crippen MR) is 52.0 cm³/mol. The fraction of sp³-hybridized carbons (Fsp3) is 0.571. The molecule has 0 aliphatic heterocycles. The molecule has 0 spiro atoms. The Morgan fingerprint density at radius 3 is 2.82 bits per heavy atom. The molecule has 0 saturated heterocycles. The molecule has 2 N–H and O–H groups in total. The molecule has 0 radical (unpaired) electrons. The van der Waals surface area contributed by atoms with Crippen LogP contribution in [0, 0.1) is 6.92 Å². The van der Waals surface area contributed by atoms with Gasteiger partial charge in [0.15, 0.2) is 0 Å². The maximum Gasteiger partial charge on any atom is 0.103 e. The molecule has 0 atom stereocenters. The number of hydrogen-bond donors (Lipinski definition) is 1. The molecule has 0 aromatic carbocycles. The van der Waals surface area contributed by atoms with Gasteiger partial charge < -0.3 is 5.73 Å². The predicted octanol–water partition coefficient (Wildman–Crippen LogP) is 1.77. The molecule has 11 heavy (non-hydrogen) atoms. The summed E-state index contributed by atoms with van der Waals surface area (Å²) in [7, 11) is 0. The summed E-state index contributed by atoms with van der Waals surface area (Å²) < 4.78 is 0. The highest BCUT2D eigenvalue weighted by molar-refractivity contribution is 7.97. The number of nitrogens with zero attached hydrogens (tertiary/aromatic N) is 1. The van der Waals surface area contributed by atoms with Gasteiger partial charge >= 0.3 is 0 Å². The van der Waals surface area contributed by atoms with E-state index in [1.807, 2.05) is 6.92 Å². The van der Waals surface area contributed by atoms with Gasteiger partial charge in [0.25, 0.3) is 0 Å². The number of thioether (sulfide) groups is 1. The lowest BCUT2D eigenvalue weighted by atomic mass is 10.4. The van der Waals surface area contributed by atoms with Crippen molar-refractivity contribution < 1.29 is 0 Å². The third kappa shape index (κ3) is 2.18. The Balaban J connectivity index is 2.77. The van der Waals surface area contributed by atoms with Crippen LogP contribution in [0.3, 0.4) is 0 Å². The lowest BCUT2D eigenvalue weighted by Gasteiger charge is -1.86. The van der Waals surface area contributed by atoms with E-state index in [2.05, 4.69) is 11.2 Å². The minimum Gasteiger partial charge on any atom is -0.326 e. The summed E-state index contributed by atoms with van der Waals surface area (Å²) in [6.07, 6.45) is 2.08. The van der Waals surface area contributed by atoms with Gasteiger partial charge in [0, 0.05) is 17.2 Å². The van der Waals surface area contributed by atoms with E-state index < -0.39 is 0 Å². The van der Waals surface area contributed by atoms with E-state index >= 15 is 0 Å². The van der Waals surface area contributed by atoms with Crippen LogP contribution >= 0.6 is 23.1 Å². The van der Waals surface area contributed by atoms with Crippen LogP contribution in [0.15, 0.2) is 0 Å². The molecule has 1 aromatic rings. The fourth-order valence-electron chi connectivity index (χ4n) is 0.863. The number of hydrogen-bond acceptors (Lipinski definition) is 4. The third-order valence-electron chi connectivity index (χ3n) is 1.39. The minimum atomic E-state index is 0.623. The Bertz CT molecular complexity index is 232. The Labute approximate surface area is 75.2 Å². The second-order valence-corrected chi connectivity index (χ2v) is 4.29. The van der Waals surface area contributed by atoms with Crippen molar-refractivity contribution in [3.8, 4) is 0 Å². The molecule has 0 aliphatic carbocycles. The molecule has 2 nitrogen and oxygen atoms in total. The average molecular weight is 188 g/mol. The normalized spacial score (nSPS) is 10.5. The molecule has 4 heteroatoms. The van der Waals surface area contributed by atoms with Crippen LogP contribution in [0.25, 0.3) is 0 Å². The van der Waals surface area contributed by atoms with Crippen LogP contribution in [-0.4, -0.2) is 11.2 Å². The van der Waals surface area contributed by atoms with E-state index in [9.17, 15) is 0 Å². The second kappa shape index (κ2) is 4.09. The van der Waals surface area contributed by atoms with E-state index in [0.29, 0.717) is 6.54 Å². The van der Waals surface area contributed by atoms with Crippen molar-refractivity contribution in [3.05, 3.63) is 15.6 Å². The molecular weight excluding hydrogens is 176 g/mol. The first-order valence-electron chi connectivity index (χ1n) is 3.42. The van der Waals surface area contributed by atoms with Gasteiger partial charge in [0.05, 0.1) is 5.69 Å². The van der Waals surface area contributed by atoms with Crippen molar-refractivity contribution in [2.75, 3.05) is 6.26 Å². The highest BCUT2D eigenvalue weighted by Gasteiger charge is 2.04. The van der Waals surface area contributed by atoms with E-state index in [4.69, 9.17) is 5.73 Å². The van der Waals surface area contributed by atoms with Gasteiger partial charge in [-0.25, -0.2) is 4.98 Å². The first-order valence-corrected chi connectivity index (χ1v) is 5.63. The first-order chi connectivity index (χ1) is 5.27. The van der Waals surface area contributed by atoms with Gasteiger partial charge in [-0.2, -0.15) is 11.8 Å². The molecule has 0 bridgehead atoms. The molecule has 0 unspecified atom stereocenters. The summed E-state index contributed by atoms with van der Waals surface area (Å²) >= 11 is 3.52. The minimum absolute atomic E-state index is 0.623. The lowest BCUT2D eigenvalue weighted by Crippen LogP contribution is -1.94. The molecule has 62 valence electrons. The molecule has 0 aliphatic rings. The van der Waals surface area contributed by atoms with E-state index in [0.717, 1.165) is 11.4 Å². The van der Waals surface area contributed by atoms with Crippen LogP contribution in [-0.2, 0) is 12.3 Å². The Morgan fingerprint density at radius 1 is 1.64 bits per heavy atom. The summed E-state index contributed by atoms with van der Waals surface area (Å²) in [5.74, 6) is 1.01. The number of thiazole rings is 1. The SMILES string of the molecule is CSCc1nc(C)c(CN)s1. The van der Waals surface area contributed by atoms with E-state index in [1.54, 1.807) is 23.1 Å². The third-order valence-corrected chi connectivity index (χ3v) is 3.31. The molecule has 0 amide bonds. The molecule has 1 heterocycles. The zero-order chi connectivity index (χ0) is 8.27. The number of nitrogens with two attached hydrogens (primary N) is 1. The van der Waals surface area contributed by atoms with Gasteiger partial charge in [-0.05, 0) is 13.2 Å². The summed E-state index contributed by atoms with van der Waals surface area (Å²) in [4.78, 5) is 5.61. The molecule has 1 rings (SSSR count). The Morgan fingerprint density at radius 2 is 2.36 bits per heavy atom. The standard InChI is InChI=1S/C7H12N2S2/c1-5-6(3-8)11-7(9-5)4-10-2/h3-4,8H2,1-2H3. The Kier molecular flexibility index (Phi) is 3.36. The van der Waals surface area contributed by atoms with Gasteiger partial charge in [-0.3, -0.25) is 0 Å². The summed E-state index contributed by atoms with van der Waals surface area (Å²) in [6.45, 7) is 2.64. The van der Waals surface area contributed by atoms with Crippen molar-refractivity contribution in [2.45, 2.75) is 19.2 Å². The lowest BCUT2D eigenvalue weighted by molar-refractivity contribution is 1.05. The quantitative estimate of drug-likeness (QED) is 0.785. The van der Waals surface area contributed by atoms with Crippen molar-refractivity contribution in [1.29, 1.82) is 0 Å². The summed E-state index contributed by atoms with van der Waals surface area (Å²) in [6, 6.07) is 0. The van der Waals surface area contributed by atoms with Crippen molar-refractivity contribution >= 4 is 23.1 Å². The van der Waals surface area contributed by atoms with Gasteiger partial charge in [-0.15, -0.1) is 11.3 Å². The highest BCUT2D eigenvalue weighted by atomic mass is 32.2. The monoisotopic (exact) mass is 188 g/mol. The van der Waals surface area contributed by atoms with Gasteiger partial charge in [0.1, 0.15) is 5.01 Å². The van der Waals surface area contributed by atoms with Crippen molar-refractivity contribution in [2.24, 2.45) is 5.73 Å². The van der Waals surface area contributed by atoms with Gasteiger partial charge in [0.2, 0.25) is 0 Å². The molecule has 0 fully saturated rings. The zero-order valence-electron chi connectivity index (χ0n) is 6.76. The highest BCUT2D eigenvalue weighted by Crippen LogP contribution is 2.20. The van der Waals surface area contributed by atoms with Crippen LogP contribution in [0.2, 0.25) is 0 Å². The number of rotatable bonds is 3. The summed E-state index contributed by atoms with van der Waals surface area (Å²) in [5.41, 5.74) is 6.62. The van der Waals surface area contributed by atoms with Crippen LogP contribution in [0.5, 0.6) is 0 Å². The second-order valence-electron chi connectivity index (χ2n) is 2.25. The molecule has 0 saturated carbocycles. The van der Waals surface area contributed by atoms with Gasteiger partial charge in [-0.1, -0.05) is 0 Å². The smallest absolute Gasteiger partial charge is 0.103 e. The Hall–Kier alpha value is -0.0600. The van der Waals surface area contributed by atoms with Crippen LogP contribution in [0.4, 0.5) is 0 Å². The van der Waals surface area contributed by atoms with E-state index in [-0.39, 0.29) is 0 Å². The fourth-order valence-corrected chi connectivity index (χ4v) is 2.51. The van der Waals surface area contributed by atoms with Crippen LogP contribution < -0.4 is 5.73 Å². The van der Waals surface area contributed by atoms with E-state index in [1.165, 1.54) is 9.88 Å². The van der Waals surface area contributed by atoms with Crippen molar-refractivity contribution in [3.63, 3.8) is 0 Å². The molecular formula is C7H12N2S2. The van der Waals surface area contributed by atoms with Crippen LogP contribution in [0.1, 0.15) is 15.6 Å². The first kappa shape index (κ1) is 9.03. The topological polar surface area (TPSA) is 38.9 Å². The number of aryl methyl sites for hydroxylation is 1. The average Bonchev–Trinajstić information content (AvgIpc) is 2.32. The largest absolute Gasteiger partial charge is 0.326 e. The number of aromatic nitrogens is 1. The maximum absolute atomic E-state index is 5.52.